The Kier molecular flexibility index (Phi) is 3.80. The molecule has 0 rings (SSSR count). The molecular weight excluding hydrogens is 140 g/mol. The van der Waals surface area contributed by atoms with E-state index < -0.39 is 5.97 Å². The molecule has 0 aliphatic heterocycles. The molecule has 0 aromatic rings. The number of rotatable bonds is 2. The van der Waals surface area contributed by atoms with Crippen LogP contribution in [0.3, 0.4) is 0 Å². The van der Waals surface area contributed by atoms with E-state index in [1.807, 2.05) is 0 Å². The first-order valence-electron chi connectivity index (χ1n) is 2.35. The molecule has 0 bridgehead atoms. The number of carboxylic acids is 1. The third kappa shape index (κ3) is 5.11. The van der Waals surface area contributed by atoms with Crippen molar-refractivity contribution in [2.45, 2.75) is 6.92 Å². The fourth-order valence-electron chi connectivity index (χ4n) is 0.239. The van der Waals surface area contributed by atoms with Crippen LogP contribution in [0.5, 0.6) is 0 Å². The van der Waals surface area contributed by atoms with Gasteiger partial charge in [0.05, 0.1) is 0 Å². The van der Waals surface area contributed by atoms with Crippen molar-refractivity contribution in [3.8, 4) is 0 Å². The summed E-state index contributed by atoms with van der Waals surface area (Å²) in [5.41, 5.74) is 2.04. The van der Waals surface area contributed by atoms with Crippen LogP contribution in [0.25, 0.3) is 0 Å². The zero-order valence-corrected chi connectivity index (χ0v) is 5.72. The van der Waals surface area contributed by atoms with Crippen LogP contribution in [0.4, 0.5) is 0 Å². The predicted molar refractivity (Wildman–Crippen MR) is 36.4 cm³/mol. The molecule has 0 radical (unpaired) electrons. The Labute approximate surface area is 58.4 Å². The van der Waals surface area contributed by atoms with Gasteiger partial charge in [-0.15, -0.1) is 0 Å². The summed E-state index contributed by atoms with van der Waals surface area (Å²) in [6, 6.07) is 0. The van der Waals surface area contributed by atoms with Crippen molar-refractivity contribution in [3.05, 3.63) is 23.3 Å². The highest BCUT2D eigenvalue weighted by Gasteiger charge is 1.84. The molecule has 0 saturated carbocycles. The van der Waals surface area contributed by atoms with Crippen LogP contribution in [-0.4, -0.2) is 11.1 Å². The molecule has 0 atom stereocenters. The SMILES string of the molecule is CC(=C/Cl)/C=C/C(=O)O. The maximum absolute atomic E-state index is 9.86. The Balaban J connectivity index is 3.86. The summed E-state index contributed by atoms with van der Waals surface area (Å²) in [6.45, 7) is 1.71. The lowest BCUT2D eigenvalue weighted by molar-refractivity contribution is -0.131. The zero-order chi connectivity index (χ0) is 7.28. The molecule has 50 valence electrons. The van der Waals surface area contributed by atoms with E-state index in [1.54, 1.807) is 6.92 Å². The van der Waals surface area contributed by atoms with Crippen molar-refractivity contribution in [1.29, 1.82) is 0 Å². The van der Waals surface area contributed by atoms with Gasteiger partial charge in [0.15, 0.2) is 0 Å². The Morgan fingerprint density at radius 3 is 2.44 bits per heavy atom. The van der Waals surface area contributed by atoms with Crippen molar-refractivity contribution >= 4 is 17.6 Å². The monoisotopic (exact) mass is 146 g/mol. The molecule has 0 heterocycles. The fourth-order valence-corrected chi connectivity index (χ4v) is 0.312. The lowest BCUT2D eigenvalue weighted by atomic mass is 10.3. The Bertz CT molecular complexity index is 158. The first-order chi connectivity index (χ1) is 4.16. The minimum Gasteiger partial charge on any atom is -0.478 e. The molecule has 9 heavy (non-hydrogen) atoms. The van der Waals surface area contributed by atoms with Crippen molar-refractivity contribution in [2.75, 3.05) is 0 Å². The molecule has 0 aliphatic rings. The molecule has 0 aromatic heterocycles. The van der Waals surface area contributed by atoms with Crippen molar-refractivity contribution < 1.29 is 9.90 Å². The van der Waals surface area contributed by atoms with Crippen LogP contribution in [0, 0.1) is 0 Å². The first-order valence-corrected chi connectivity index (χ1v) is 2.78. The van der Waals surface area contributed by atoms with Gasteiger partial charge in [-0.3, -0.25) is 0 Å². The maximum Gasteiger partial charge on any atom is 0.328 e. The Morgan fingerprint density at radius 2 is 2.11 bits per heavy atom. The molecule has 0 spiro atoms. The van der Waals surface area contributed by atoms with Gasteiger partial charge in [0.1, 0.15) is 0 Å². The highest BCUT2D eigenvalue weighted by atomic mass is 35.5. The number of carboxylic acid groups (broad SMARTS) is 1. The standard InChI is InChI=1S/C6H7ClO2/c1-5(4-7)2-3-6(8)9/h2-4H,1H3,(H,8,9)/b3-2+,5-4-. The van der Waals surface area contributed by atoms with Crippen molar-refractivity contribution in [3.63, 3.8) is 0 Å². The quantitative estimate of drug-likeness (QED) is 0.476. The number of hydrogen-bond acceptors (Lipinski definition) is 1. The van der Waals surface area contributed by atoms with Gasteiger partial charge < -0.3 is 5.11 Å². The van der Waals surface area contributed by atoms with Gasteiger partial charge in [-0.25, -0.2) is 4.79 Å². The van der Waals surface area contributed by atoms with E-state index in [0.717, 1.165) is 11.6 Å². The van der Waals surface area contributed by atoms with Crippen molar-refractivity contribution in [1.82, 2.24) is 0 Å². The van der Waals surface area contributed by atoms with Crippen molar-refractivity contribution in [2.24, 2.45) is 0 Å². The summed E-state index contributed by atoms with van der Waals surface area (Å²) in [5, 5.41) is 8.10. The fraction of sp³-hybridized carbons (Fsp3) is 0.167. The number of aliphatic carboxylic acids is 1. The van der Waals surface area contributed by atoms with Gasteiger partial charge in [0, 0.05) is 11.6 Å². The van der Waals surface area contributed by atoms with E-state index in [4.69, 9.17) is 16.7 Å². The van der Waals surface area contributed by atoms with Gasteiger partial charge >= 0.3 is 5.97 Å². The molecular formula is C6H7ClO2. The molecule has 0 fully saturated rings. The molecule has 0 saturated heterocycles. The smallest absolute Gasteiger partial charge is 0.328 e. The molecule has 3 heteroatoms. The van der Waals surface area contributed by atoms with E-state index in [0.29, 0.717) is 0 Å². The predicted octanol–water partition coefficient (Wildman–Crippen LogP) is 1.77. The lowest BCUT2D eigenvalue weighted by Gasteiger charge is -1.82. The van der Waals surface area contributed by atoms with Gasteiger partial charge in [-0.2, -0.15) is 0 Å². The highest BCUT2D eigenvalue weighted by molar-refractivity contribution is 6.25. The summed E-state index contributed by atoms with van der Waals surface area (Å²) < 4.78 is 0. The first kappa shape index (κ1) is 8.24. The summed E-state index contributed by atoms with van der Waals surface area (Å²) in [7, 11) is 0. The second-order valence-corrected chi connectivity index (χ2v) is 1.74. The molecule has 1 N–H and O–H groups in total. The van der Waals surface area contributed by atoms with Gasteiger partial charge in [0.2, 0.25) is 0 Å². The van der Waals surface area contributed by atoms with Gasteiger partial charge in [0.25, 0.3) is 0 Å². The summed E-state index contributed by atoms with van der Waals surface area (Å²) in [5.74, 6) is -0.965. The van der Waals surface area contributed by atoms with Crippen LogP contribution in [0.1, 0.15) is 6.92 Å². The summed E-state index contributed by atoms with van der Waals surface area (Å²) >= 11 is 5.23. The molecule has 0 aromatic carbocycles. The second-order valence-electron chi connectivity index (χ2n) is 1.52. The van der Waals surface area contributed by atoms with E-state index >= 15 is 0 Å². The number of allylic oxidation sites excluding steroid dienone is 2. The zero-order valence-electron chi connectivity index (χ0n) is 4.97. The van der Waals surface area contributed by atoms with Gasteiger partial charge in [-0.05, 0) is 12.5 Å². The molecule has 0 aliphatic carbocycles. The third-order valence-corrected chi connectivity index (χ3v) is 1.01. The summed E-state index contributed by atoms with van der Waals surface area (Å²) in [4.78, 5) is 9.86. The average Bonchev–Trinajstić information content (AvgIpc) is 1.83. The van der Waals surface area contributed by atoms with Crippen LogP contribution in [0.2, 0.25) is 0 Å². The largest absolute Gasteiger partial charge is 0.478 e. The molecule has 0 amide bonds. The molecule has 2 nitrogen and oxygen atoms in total. The Hall–Kier alpha value is -0.760. The second kappa shape index (κ2) is 4.15. The molecule has 0 unspecified atom stereocenters. The van der Waals surface area contributed by atoms with E-state index in [1.165, 1.54) is 11.6 Å². The van der Waals surface area contributed by atoms with Gasteiger partial charge in [-0.1, -0.05) is 17.7 Å². The minimum atomic E-state index is -0.965. The van der Waals surface area contributed by atoms with Crippen LogP contribution >= 0.6 is 11.6 Å². The van der Waals surface area contributed by atoms with E-state index in [9.17, 15) is 4.79 Å². The number of halogens is 1. The third-order valence-electron chi connectivity index (χ3n) is 0.661. The topological polar surface area (TPSA) is 37.3 Å². The maximum atomic E-state index is 9.86. The highest BCUT2D eigenvalue weighted by Crippen LogP contribution is 1.95. The summed E-state index contributed by atoms with van der Waals surface area (Å²) in [6.07, 6.45) is 2.46. The normalized spacial score (nSPS) is 12.4. The van der Waals surface area contributed by atoms with Crippen LogP contribution in [-0.2, 0) is 4.79 Å². The van der Waals surface area contributed by atoms with Crippen LogP contribution in [0.15, 0.2) is 23.3 Å². The average molecular weight is 147 g/mol. The van der Waals surface area contributed by atoms with Crippen LogP contribution < -0.4 is 0 Å². The van der Waals surface area contributed by atoms with E-state index in [-0.39, 0.29) is 0 Å². The Morgan fingerprint density at radius 1 is 1.56 bits per heavy atom. The number of carbonyl (C=O) groups is 1. The number of hydrogen-bond donors (Lipinski definition) is 1. The minimum absolute atomic E-state index is 0.721. The lowest BCUT2D eigenvalue weighted by Crippen LogP contribution is -1.85. The van der Waals surface area contributed by atoms with E-state index in [2.05, 4.69) is 0 Å².